The molecule has 0 amide bonds. The number of aliphatic hydroxyl groups is 1. The molecule has 4 aliphatic rings. The number of ether oxygens (including phenoxy) is 2. The standard InChI is InChI=1S/C25H29BrF2O7/c1-12(29)34-10-21(33)24(35-13(2)30)7-16-14-5-18(27)15-6-19(31)17(26)8-23(15,4)25(14,28)20(32)9-22(16,3)11-24/h6,8,14,16,18,20,32H,5,7,9-11H2,1-4H3/t14?,16?,18-,20+,22-,23+,24-,25+/m1/s1. The largest absolute Gasteiger partial charge is 0.458 e. The van der Waals surface area contributed by atoms with Crippen LogP contribution in [0.3, 0.4) is 0 Å². The van der Waals surface area contributed by atoms with Gasteiger partial charge in [0.15, 0.2) is 23.7 Å². The van der Waals surface area contributed by atoms with Crippen molar-refractivity contribution in [1.82, 2.24) is 0 Å². The van der Waals surface area contributed by atoms with E-state index in [0.717, 1.165) is 19.9 Å². The van der Waals surface area contributed by atoms with Gasteiger partial charge in [-0.15, -0.1) is 0 Å². The highest BCUT2D eigenvalue weighted by Gasteiger charge is 2.74. The number of esters is 2. The van der Waals surface area contributed by atoms with Crippen molar-refractivity contribution in [2.75, 3.05) is 6.61 Å². The van der Waals surface area contributed by atoms with Crippen LogP contribution in [0.1, 0.15) is 53.4 Å². The van der Waals surface area contributed by atoms with Crippen LogP contribution in [0.15, 0.2) is 22.2 Å². The first kappa shape index (κ1) is 26.1. The van der Waals surface area contributed by atoms with Crippen LogP contribution in [0.2, 0.25) is 0 Å². The van der Waals surface area contributed by atoms with Crippen molar-refractivity contribution >= 4 is 39.4 Å². The molecule has 0 bridgehead atoms. The zero-order valence-corrected chi connectivity index (χ0v) is 21.6. The third-order valence-corrected chi connectivity index (χ3v) is 9.31. The minimum absolute atomic E-state index is 0.0115. The summed E-state index contributed by atoms with van der Waals surface area (Å²) in [7, 11) is 0. The summed E-state index contributed by atoms with van der Waals surface area (Å²) in [5, 5.41) is 11.3. The molecule has 0 spiro atoms. The van der Waals surface area contributed by atoms with Gasteiger partial charge in [-0.2, -0.15) is 0 Å². The summed E-state index contributed by atoms with van der Waals surface area (Å²) in [6.45, 7) is 4.94. The predicted molar refractivity (Wildman–Crippen MR) is 123 cm³/mol. The van der Waals surface area contributed by atoms with Crippen molar-refractivity contribution in [1.29, 1.82) is 0 Å². The fourth-order valence-corrected chi connectivity index (χ4v) is 7.86. The molecule has 7 nitrogen and oxygen atoms in total. The van der Waals surface area contributed by atoms with E-state index in [0.29, 0.717) is 0 Å². The smallest absolute Gasteiger partial charge is 0.303 e. The fourth-order valence-electron chi connectivity index (χ4n) is 7.29. The number of carbonyl (C=O) groups excluding carboxylic acids is 4. The maximum atomic E-state index is 17.3. The van der Waals surface area contributed by atoms with Crippen molar-refractivity contribution in [3.63, 3.8) is 0 Å². The Balaban J connectivity index is 1.79. The lowest BCUT2D eigenvalue weighted by Gasteiger charge is -2.61. The van der Waals surface area contributed by atoms with Gasteiger partial charge in [-0.3, -0.25) is 19.2 Å². The van der Waals surface area contributed by atoms with Gasteiger partial charge in [0, 0.05) is 31.6 Å². The van der Waals surface area contributed by atoms with Crippen LogP contribution in [0.4, 0.5) is 8.78 Å². The number of carbonyl (C=O) groups is 4. The van der Waals surface area contributed by atoms with E-state index in [-0.39, 0.29) is 35.7 Å². The number of rotatable bonds is 4. The minimum Gasteiger partial charge on any atom is -0.458 e. The maximum Gasteiger partial charge on any atom is 0.303 e. The van der Waals surface area contributed by atoms with Crippen LogP contribution in [0.25, 0.3) is 0 Å². The molecule has 0 radical (unpaired) electrons. The number of hydrogen-bond acceptors (Lipinski definition) is 7. The summed E-state index contributed by atoms with van der Waals surface area (Å²) in [6, 6.07) is 0. The van der Waals surface area contributed by atoms with E-state index in [2.05, 4.69) is 15.9 Å². The average Bonchev–Trinajstić information content (AvgIpc) is 3.03. The molecular weight excluding hydrogens is 530 g/mol. The van der Waals surface area contributed by atoms with Crippen LogP contribution in [0.5, 0.6) is 0 Å². The molecule has 1 N–H and O–H groups in total. The van der Waals surface area contributed by atoms with Crippen LogP contribution < -0.4 is 0 Å². The maximum absolute atomic E-state index is 17.3. The Bertz CT molecular complexity index is 1070. The van der Waals surface area contributed by atoms with Crippen LogP contribution in [-0.2, 0) is 28.7 Å². The summed E-state index contributed by atoms with van der Waals surface area (Å²) >= 11 is 3.14. The number of fused-ring (bicyclic) bond motifs is 5. The van der Waals surface area contributed by atoms with E-state index in [4.69, 9.17) is 9.47 Å². The summed E-state index contributed by atoms with van der Waals surface area (Å²) < 4.78 is 43.3. The Kier molecular flexibility index (Phi) is 6.19. The van der Waals surface area contributed by atoms with Gasteiger partial charge in [0.05, 0.1) is 10.6 Å². The van der Waals surface area contributed by atoms with Crippen molar-refractivity contribution in [2.45, 2.75) is 76.9 Å². The fraction of sp³-hybridized carbons (Fsp3) is 0.680. The number of allylic oxidation sites excluding steroid dienone is 4. The SMILES string of the molecule is CC(=O)OCC(=O)[C@@]1(OC(C)=O)CC2C3C[C@@H](F)C4=CC(=O)C(Br)=C[C@]4(C)[C@@]3(F)[C@@H](O)C[C@]2(C)C1. The third kappa shape index (κ3) is 3.74. The Morgan fingerprint density at radius 3 is 2.43 bits per heavy atom. The van der Waals surface area contributed by atoms with Crippen molar-refractivity contribution < 1.29 is 42.5 Å². The molecule has 0 aromatic rings. The van der Waals surface area contributed by atoms with Crippen molar-refractivity contribution in [3.8, 4) is 0 Å². The summed E-state index contributed by atoms with van der Waals surface area (Å²) in [6.07, 6.45) is -1.17. The number of Topliss-reactive ketones (excluding diaryl/α,β-unsaturated/α-hetero) is 1. The Hall–Kier alpha value is -1.94. The zero-order valence-electron chi connectivity index (χ0n) is 20.0. The van der Waals surface area contributed by atoms with Crippen LogP contribution in [-0.4, -0.2) is 58.8 Å². The molecule has 0 aromatic carbocycles. The first-order valence-electron chi connectivity index (χ1n) is 11.6. The summed E-state index contributed by atoms with van der Waals surface area (Å²) in [4.78, 5) is 48.7. The molecule has 4 rings (SSSR count). The van der Waals surface area contributed by atoms with E-state index < -0.39 is 76.3 Å². The normalized spacial score (nSPS) is 44.3. The average molecular weight is 559 g/mol. The van der Waals surface area contributed by atoms with E-state index in [1.807, 2.05) is 0 Å². The number of hydrogen-bond donors (Lipinski definition) is 1. The molecule has 0 aliphatic heterocycles. The number of aliphatic hydroxyl groups excluding tert-OH is 1. The molecule has 2 unspecified atom stereocenters. The topological polar surface area (TPSA) is 107 Å². The highest BCUT2D eigenvalue weighted by atomic mass is 79.9. The Labute approximate surface area is 210 Å². The molecule has 10 heteroatoms. The lowest BCUT2D eigenvalue weighted by molar-refractivity contribution is -0.196. The molecule has 3 saturated carbocycles. The number of halogens is 3. The highest BCUT2D eigenvalue weighted by molar-refractivity contribution is 9.12. The Morgan fingerprint density at radius 1 is 1.17 bits per heavy atom. The zero-order chi connectivity index (χ0) is 26.1. The van der Waals surface area contributed by atoms with Gasteiger partial charge in [0.25, 0.3) is 0 Å². The summed E-state index contributed by atoms with van der Waals surface area (Å²) in [5.74, 6) is -4.17. The van der Waals surface area contributed by atoms with Crippen LogP contribution in [0, 0.1) is 22.7 Å². The highest BCUT2D eigenvalue weighted by Crippen LogP contribution is 2.70. The van der Waals surface area contributed by atoms with Gasteiger partial charge in [-0.1, -0.05) is 13.0 Å². The predicted octanol–water partition coefficient (Wildman–Crippen LogP) is 3.46. The second-order valence-electron chi connectivity index (χ2n) is 10.9. The monoisotopic (exact) mass is 558 g/mol. The summed E-state index contributed by atoms with van der Waals surface area (Å²) in [5.41, 5.74) is -6.49. The molecule has 0 heterocycles. The molecule has 4 aliphatic carbocycles. The molecular formula is C25H29BrF2O7. The number of ketones is 2. The van der Waals surface area contributed by atoms with Crippen molar-refractivity contribution in [3.05, 3.63) is 22.2 Å². The molecule has 8 atom stereocenters. The first-order chi connectivity index (χ1) is 16.1. The van der Waals surface area contributed by atoms with Crippen LogP contribution >= 0.6 is 15.9 Å². The van der Waals surface area contributed by atoms with Gasteiger partial charge in [0.2, 0.25) is 5.78 Å². The van der Waals surface area contributed by atoms with E-state index in [1.54, 1.807) is 6.92 Å². The molecule has 3 fully saturated rings. The molecule has 0 aromatic heterocycles. The lowest BCUT2D eigenvalue weighted by Crippen LogP contribution is -2.67. The number of alkyl halides is 2. The molecule has 192 valence electrons. The second kappa shape index (κ2) is 8.30. The van der Waals surface area contributed by atoms with E-state index in [1.165, 1.54) is 13.0 Å². The van der Waals surface area contributed by atoms with Gasteiger partial charge < -0.3 is 14.6 Å². The molecule has 0 saturated heterocycles. The van der Waals surface area contributed by atoms with Gasteiger partial charge in [-0.05, 0) is 65.1 Å². The first-order valence-corrected chi connectivity index (χ1v) is 12.4. The lowest BCUT2D eigenvalue weighted by atomic mass is 9.45. The van der Waals surface area contributed by atoms with Gasteiger partial charge >= 0.3 is 11.9 Å². The Morgan fingerprint density at radius 2 is 1.83 bits per heavy atom. The minimum atomic E-state index is -2.34. The van der Waals surface area contributed by atoms with E-state index >= 15 is 8.78 Å². The second-order valence-corrected chi connectivity index (χ2v) is 11.7. The van der Waals surface area contributed by atoms with Crippen molar-refractivity contribution in [2.24, 2.45) is 22.7 Å². The van der Waals surface area contributed by atoms with Gasteiger partial charge in [-0.25, -0.2) is 8.78 Å². The third-order valence-electron chi connectivity index (χ3n) is 8.69. The quantitative estimate of drug-likeness (QED) is 0.526. The van der Waals surface area contributed by atoms with Gasteiger partial charge in [0.1, 0.15) is 6.17 Å². The van der Waals surface area contributed by atoms with E-state index in [9.17, 15) is 24.3 Å². The molecule has 35 heavy (non-hydrogen) atoms.